The number of nitriles is 1. The molecule has 0 spiro atoms. The molecule has 0 atom stereocenters. The van der Waals surface area contributed by atoms with Crippen LogP contribution in [-0.2, 0) is 15.3 Å². The molecule has 1 aliphatic heterocycles. The molecular formula is C14H14N2O3S2. The lowest BCUT2D eigenvalue weighted by atomic mass is 10.0. The van der Waals surface area contributed by atoms with Crippen molar-refractivity contribution in [1.82, 2.24) is 0 Å². The maximum atomic E-state index is 10.4. The van der Waals surface area contributed by atoms with Gasteiger partial charge in [-0.05, 0) is 30.9 Å². The Morgan fingerprint density at radius 2 is 2.19 bits per heavy atom. The van der Waals surface area contributed by atoms with Crippen molar-refractivity contribution >= 4 is 27.8 Å². The van der Waals surface area contributed by atoms with Crippen molar-refractivity contribution < 1.29 is 12.7 Å². The van der Waals surface area contributed by atoms with Crippen LogP contribution in [0.15, 0.2) is 63.7 Å². The summed E-state index contributed by atoms with van der Waals surface area (Å²) in [5, 5.41) is 15.0. The molecule has 0 amide bonds. The summed E-state index contributed by atoms with van der Waals surface area (Å²) in [6, 6.07) is 2.12. The molecule has 0 bridgehead atoms. The van der Waals surface area contributed by atoms with E-state index in [9.17, 15) is 13.7 Å². The average Bonchev–Trinajstić information content (AvgIpc) is 2.92. The van der Waals surface area contributed by atoms with Crippen LogP contribution in [0.3, 0.4) is 0 Å². The van der Waals surface area contributed by atoms with Crippen molar-refractivity contribution in [1.29, 1.82) is 5.26 Å². The van der Waals surface area contributed by atoms with Crippen LogP contribution in [0, 0.1) is 11.3 Å². The van der Waals surface area contributed by atoms with Gasteiger partial charge in [0, 0.05) is 5.57 Å². The maximum Gasteiger partial charge on any atom is 0.318 e. The minimum Gasteiger partial charge on any atom is -0.269 e. The van der Waals surface area contributed by atoms with Gasteiger partial charge in [-0.1, -0.05) is 47.3 Å². The monoisotopic (exact) mass is 322 g/mol. The fourth-order valence-corrected chi connectivity index (χ4v) is 2.42. The average molecular weight is 322 g/mol. The molecule has 0 aromatic carbocycles. The number of thioether (sulfide) groups is 1. The minimum atomic E-state index is -3.06. The third kappa shape index (κ3) is 5.10. The predicted molar refractivity (Wildman–Crippen MR) is 85.9 cm³/mol. The number of hydrogen-bond acceptors (Lipinski definition) is 6. The van der Waals surface area contributed by atoms with E-state index in [4.69, 9.17) is 0 Å². The molecular weight excluding hydrogens is 308 g/mol. The first-order chi connectivity index (χ1) is 10.1. The van der Waals surface area contributed by atoms with E-state index in [1.807, 2.05) is 32.1 Å². The van der Waals surface area contributed by atoms with E-state index in [0.29, 0.717) is 16.2 Å². The van der Waals surface area contributed by atoms with Crippen molar-refractivity contribution in [3.8, 4) is 6.07 Å². The van der Waals surface area contributed by atoms with Gasteiger partial charge in [0.05, 0.1) is 5.57 Å². The van der Waals surface area contributed by atoms with E-state index in [-0.39, 0.29) is 0 Å². The van der Waals surface area contributed by atoms with Crippen LogP contribution >= 0.6 is 11.8 Å². The first kappa shape index (κ1) is 17.0. The van der Waals surface area contributed by atoms with E-state index in [0.717, 1.165) is 5.57 Å². The van der Waals surface area contributed by atoms with Gasteiger partial charge >= 0.3 is 11.0 Å². The molecule has 0 aromatic heterocycles. The van der Waals surface area contributed by atoms with Crippen LogP contribution in [0.1, 0.15) is 13.8 Å². The number of nitrogens with zero attached hydrogens (tertiary/aromatic N) is 2. The van der Waals surface area contributed by atoms with Crippen LogP contribution in [0.25, 0.3) is 0 Å². The second kappa shape index (κ2) is 9.00. The van der Waals surface area contributed by atoms with Gasteiger partial charge in [-0.15, -0.1) is 0 Å². The first-order valence-electron chi connectivity index (χ1n) is 5.97. The fraction of sp³-hybridized carbons (Fsp3) is 0.143. The standard InChI is InChI=1S/C14H14N2O3S2/c1-3-5-6-7-11(4-2)13(10-15)12-8-9-20-14(12)16-19-21(17)18/h3-9,21H,1-2H3/b5-3-,7-6-,11-4+,13-12-,16-14-. The number of hydrogen-bond donors (Lipinski definition) is 1. The Morgan fingerprint density at radius 1 is 1.43 bits per heavy atom. The highest BCUT2D eigenvalue weighted by Crippen LogP contribution is 2.29. The number of thiol groups is 1. The molecule has 0 saturated carbocycles. The Balaban J connectivity index is 3.24. The van der Waals surface area contributed by atoms with Crippen molar-refractivity contribution in [3.63, 3.8) is 0 Å². The Morgan fingerprint density at radius 3 is 2.76 bits per heavy atom. The number of rotatable bonds is 5. The number of oxime groups is 1. The molecule has 0 radical (unpaired) electrons. The van der Waals surface area contributed by atoms with E-state index < -0.39 is 11.0 Å². The Bertz CT molecular complexity index is 679. The van der Waals surface area contributed by atoms with E-state index in [2.05, 4.69) is 15.5 Å². The Hall–Kier alpha value is -2.04. The summed E-state index contributed by atoms with van der Waals surface area (Å²) in [7, 11) is -3.06. The van der Waals surface area contributed by atoms with Crippen LogP contribution in [-0.4, -0.2) is 13.5 Å². The molecule has 1 heterocycles. The summed E-state index contributed by atoms with van der Waals surface area (Å²) in [5.41, 5.74) is 1.66. The van der Waals surface area contributed by atoms with Crippen LogP contribution in [0.2, 0.25) is 0 Å². The zero-order valence-corrected chi connectivity index (χ0v) is 13.2. The lowest BCUT2D eigenvalue weighted by Gasteiger charge is -2.04. The lowest BCUT2D eigenvalue weighted by Crippen LogP contribution is -1.98. The summed E-state index contributed by atoms with van der Waals surface area (Å²) < 4.78 is 25.1. The molecule has 0 saturated heterocycles. The molecule has 0 aromatic rings. The smallest absolute Gasteiger partial charge is 0.269 e. The molecule has 21 heavy (non-hydrogen) atoms. The van der Waals surface area contributed by atoms with E-state index >= 15 is 0 Å². The molecule has 1 rings (SSSR count). The molecule has 1 aliphatic rings. The van der Waals surface area contributed by atoms with Gasteiger partial charge < -0.3 is 0 Å². The van der Waals surface area contributed by atoms with Crippen LogP contribution < -0.4 is 0 Å². The third-order valence-corrected chi connectivity index (χ3v) is 3.40. The second-order valence-electron chi connectivity index (χ2n) is 3.65. The van der Waals surface area contributed by atoms with Crippen molar-refractivity contribution in [3.05, 3.63) is 58.6 Å². The summed E-state index contributed by atoms with van der Waals surface area (Å²) >= 11 is 1.20. The van der Waals surface area contributed by atoms with Gasteiger partial charge in [0.1, 0.15) is 11.1 Å². The summed E-state index contributed by atoms with van der Waals surface area (Å²) in [6.45, 7) is 3.72. The molecule has 0 unspecified atom stereocenters. The molecule has 0 fully saturated rings. The summed E-state index contributed by atoms with van der Waals surface area (Å²) in [5.74, 6) is 0. The Labute approximate surface area is 129 Å². The van der Waals surface area contributed by atoms with Gasteiger partial charge in [0.15, 0.2) is 0 Å². The zero-order valence-electron chi connectivity index (χ0n) is 11.5. The highest BCUT2D eigenvalue weighted by atomic mass is 32.2. The summed E-state index contributed by atoms with van der Waals surface area (Å²) in [6.07, 6.45) is 10.9. The van der Waals surface area contributed by atoms with Crippen molar-refractivity contribution in [2.45, 2.75) is 13.8 Å². The molecule has 7 heteroatoms. The van der Waals surface area contributed by atoms with Gasteiger partial charge in [0.2, 0.25) is 0 Å². The normalized spacial score (nSPS) is 19.9. The van der Waals surface area contributed by atoms with Gasteiger partial charge in [-0.3, -0.25) is 4.28 Å². The highest BCUT2D eigenvalue weighted by Gasteiger charge is 2.18. The van der Waals surface area contributed by atoms with E-state index in [1.165, 1.54) is 11.8 Å². The van der Waals surface area contributed by atoms with Gasteiger partial charge in [-0.25, -0.2) is 0 Å². The lowest BCUT2D eigenvalue weighted by molar-refractivity contribution is 0.357. The van der Waals surface area contributed by atoms with Crippen LogP contribution in [0.5, 0.6) is 0 Å². The second-order valence-corrected chi connectivity index (χ2v) is 5.16. The SMILES string of the molecule is C\C=C/C=C\C(=C/C)C(\C#N)=C1\C=CS\C1=N/O[SH](=O)=O. The largest absolute Gasteiger partial charge is 0.318 e. The first-order valence-corrected chi connectivity index (χ1v) is 7.95. The molecule has 110 valence electrons. The van der Waals surface area contributed by atoms with Gasteiger partial charge in [0.25, 0.3) is 0 Å². The van der Waals surface area contributed by atoms with Crippen molar-refractivity contribution in [2.75, 3.05) is 0 Å². The van der Waals surface area contributed by atoms with E-state index in [1.54, 1.807) is 23.6 Å². The minimum absolute atomic E-state index is 0.338. The molecule has 0 aliphatic carbocycles. The third-order valence-electron chi connectivity index (χ3n) is 2.40. The van der Waals surface area contributed by atoms with Crippen LogP contribution in [0.4, 0.5) is 0 Å². The fourth-order valence-electron chi connectivity index (χ4n) is 1.51. The highest BCUT2D eigenvalue weighted by molar-refractivity contribution is 8.17. The zero-order chi connectivity index (χ0) is 15.7. The quantitative estimate of drug-likeness (QED) is 0.364. The summed E-state index contributed by atoms with van der Waals surface area (Å²) in [4.78, 5) is 0. The molecule has 5 nitrogen and oxygen atoms in total. The number of allylic oxidation sites excluding steroid dienone is 8. The Kier molecular flexibility index (Phi) is 7.29. The maximum absolute atomic E-state index is 10.4. The van der Waals surface area contributed by atoms with Crippen molar-refractivity contribution in [2.24, 2.45) is 5.16 Å². The topological polar surface area (TPSA) is 79.5 Å². The predicted octanol–water partition coefficient (Wildman–Crippen LogP) is 3.00. The molecule has 0 N–H and O–H groups in total. The van der Waals surface area contributed by atoms with Gasteiger partial charge in [-0.2, -0.15) is 13.7 Å².